The standard InChI is InChI=1S/C13H25NO3/c1-11(10-15)14(2)12-3-6-17-13(9-12)4-7-16-8-5-13/h11-12,15H,3-10H2,1-2H3. The second kappa shape index (κ2) is 5.65. The van der Waals surface area contributed by atoms with Crippen LogP contribution in [0.1, 0.15) is 32.6 Å². The topological polar surface area (TPSA) is 41.9 Å². The van der Waals surface area contributed by atoms with Crippen molar-refractivity contribution in [2.75, 3.05) is 33.5 Å². The molecule has 2 unspecified atom stereocenters. The van der Waals surface area contributed by atoms with Gasteiger partial charge in [-0.1, -0.05) is 0 Å². The van der Waals surface area contributed by atoms with Crippen molar-refractivity contribution in [1.82, 2.24) is 4.90 Å². The fourth-order valence-electron chi connectivity index (χ4n) is 2.93. The van der Waals surface area contributed by atoms with Gasteiger partial charge in [-0.3, -0.25) is 4.90 Å². The number of aliphatic hydroxyl groups excluding tert-OH is 1. The molecule has 0 aliphatic carbocycles. The van der Waals surface area contributed by atoms with Crippen molar-refractivity contribution in [3.05, 3.63) is 0 Å². The quantitative estimate of drug-likeness (QED) is 0.804. The number of rotatable bonds is 3. The van der Waals surface area contributed by atoms with E-state index in [4.69, 9.17) is 9.47 Å². The van der Waals surface area contributed by atoms with E-state index in [0.29, 0.717) is 6.04 Å². The molecule has 0 amide bonds. The molecule has 0 saturated carbocycles. The third kappa shape index (κ3) is 2.99. The molecule has 0 aromatic rings. The summed E-state index contributed by atoms with van der Waals surface area (Å²) < 4.78 is 11.5. The molecule has 0 aromatic carbocycles. The van der Waals surface area contributed by atoms with Gasteiger partial charge in [0, 0.05) is 31.9 Å². The van der Waals surface area contributed by atoms with Crippen LogP contribution in [0.25, 0.3) is 0 Å². The fourth-order valence-corrected chi connectivity index (χ4v) is 2.93. The number of nitrogens with zero attached hydrogens (tertiary/aromatic N) is 1. The minimum atomic E-state index is 0.0462. The first-order valence-corrected chi connectivity index (χ1v) is 6.71. The van der Waals surface area contributed by atoms with Gasteiger partial charge in [-0.25, -0.2) is 0 Å². The van der Waals surface area contributed by atoms with E-state index in [1.165, 1.54) is 0 Å². The van der Waals surface area contributed by atoms with Crippen LogP contribution in [0.5, 0.6) is 0 Å². The van der Waals surface area contributed by atoms with E-state index < -0.39 is 0 Å². The third-order valence-electron chi connectivity index (χ3n) is 4.41. The second-order valence-corrected chi connectivity index (χ2v) is 5.49. The van der Waals surface area contributed by atoms with Gasteiger partial charge >= 0.3 is 0 Å². The van der Waals surface area contributed by atoms with Crippen molar-refractivity contribution in [2.24, 2.45) is 0 Å². The van der Waals surface area contributed by atoms with Crippen LogP contribution in [0.15, 0.2) is 0 Å². The number of hydrogen-bond acceptors (Lipinski definition) is 4. The first-order chi connectivity index (χ1) is 8.17. The maximum atomic E-state index is 9.24. The third-order valence-corrected chi connectivity index (χ3v) is 4.41. The zero-order valence-electron chi connectivity index (χ0n) is 11.0. The minimum Gasteiger partial charge on any atom is -0.395 e. The van der Waals surface area contributed by atoms with E-state index >= 15 is 0 Å². The number of aliphatic hydroxyl groups is 1. The maximum Gasteiger partial charge on any atom is 0.0741 e. The molecule has 2 aliphatic heterocycles. The zero-order chi connectivity index (χ0) is 12.3. The largest absolute Gasteiger partial charge is 0.395 e. The predicted molar refractivity (Wildman–Crippen MR) is 66.1 cm³/mol. The van der Waals surface area contributed by atoms with Gasteiger partial charge in [-0.2, -0.15) is 0 Å². The summed E-state index contributed by atoms with van der Waals surface area (Å²) in [5, 5.41) is 9.24. The Morgan fingerprint density at radius 1 is 1.35 bits per heavy atom. The fraction of sp³-hybridized carbons (Fsp3) is 1.00. The highest BCUT2D eigenvalue weighted by Crippen LogP contribution is 2.36. The first-order valence-electron chi connectivity index (χ1n) is 6.71. The lowest BCUT2D eigenvalue weighted by Gasteiger charge is -2.46. The molecular weight excluding hydrogens is 218 g/mol. The lowest BCUT2D eigenvalue weighted by atomic mass is 9.83. The van der Waals surface area contributed by atoms with E-state index in [1.54, 1.807) is 0 Å². The highest BCUT2D eigenvalue weighted by Gasteiger charge is 2.40. The molecule has 2 saturated heterocycles. The van der Waals surface area contributed by atoms with Gasteiger partial charge in [0.1, 0.15) is 0 Å². The summed E-state index contributed by atoms with van der Waals surface area (Å²) >= 11 is 0. The van der Waals surface area contributed by atoms with E-state index in [-0.39, 0.29) is 18.2 Å². The van der Waals surface area contributed by atoms with E-state index in [9.17, 15) is 5.11 Å². The van der Waals surface area contributed by atoms with Crippen molar-refractivity contribution in [3.8, 4) is 0 Å². The molecule has 0 bridgehead atoms. The Morgan fingerprint density at radius 2 is 2.06 bits per heavy atom. The highest BCUT2D eigenvalue weighted by atomic mass is 16.5. The molecule has 2 rings (SSSR count). The number of ether oxygens (including phenoxy) is 2. The van der Waals surface area contributed by atoms with Crippen LogP contribution in [-0.4, -0.2) is 61.2 Å². The zero-order valence-corrected chi connectivity index (χ0v) is 11.0. The monoisotopic (exact) mass is 243 g/mol. The molecule has 4 nitrogen and oxygen atoms in total. The summed E-state index contributed by atoms with van der Waals surface area (Å²) in [4.78, 5) is 2.31. The average molecular weight is 243 g/mol. The predicted octanol–water partition coefficient (Wildman–Crippen LogP) is 1.03. The Balaban J connectivity index is 1.96. The second-order valence-electron chi connectivity index (χ2n) is 5.49. The van der Waals surface area contributed by atoms with Crippen molar-refractivity contribution in [2.45, 2.75) is 50.3 Å². The van der Waals surface area contributed by atoms with Crippen LogP contribution in [0.4, 0.5) is 0 Å². The summed E-state index contributed by atoms with van der Waals surface area (Å²) in [6.07, 6.45) is 4.19. The molecule has 0 aromatic heterocycles. The molecule has 4 heteroatoms. The average Bonchev–Trinajstić information content (AvgIpc) is 2.38. The summed E-state index contributed by atoms with van der Waals surface area (Å²) in [6.45, 7) is 4.79. The lowest BCUT2D eigenvalue weighted by Crippen LogP contribution is -2.52. The summed E-state index contributed by atoms with van der Waals surface area (Å²) in [5.74, 6) is 0. The normalized spacial score (nSPS) is 30.7. The maximum absolute atomic E-state index is 9.24. The summed E-state index contributed by atoms with van der Waals surface area (Å²) in [7, 11) is 2.11. The van der Waals surface area contributed by atoms with Gasteiger partial charge in [0.15, 0.2) is 0 Å². The molecule has 100 valence electrons. The van der Waals surface area contributed by atoms with Gasteiger partial charge in [0.2, 0.25) is 0 Å². The van der Waals surface area contributed by atoms with E-state index in [1.807, 2.05) is 0 Å². The van der Waals surface area contributed by atoms with Crippen LogP contribution in [-0.2, 0) is 9.47 Å². The van der Waals surface area contributed by atoms with Crippen molar-refractivity contribution >= 4 is 0 Å². The summed E-state index contributed by atoms with van der Waals surface area (Å²) in [5.41, 5.74) is 0.0462. The highest BCUT2D eigenvalue weighted by molar-refractivity contribution is 4.92. The Labute approximate surface area is 104 Å². The molecule has 1 N–H and O–H groups in total. The first kappa shape index (κ1) is 13.3. The smallest absolute Gasteiger partial charge is 0.0741 e. The molecule has 2 aliphatic rings. The Hall–Kier alpha value is -0.160. The SMILES string of the molecule is CC(CO)N(C)C1CCOC2(CCOCC2)C1. The number of likely N-dealkylation sites (N-methyl/N-ethyl adjacent to an activating group) is 1. The van der Waals surface area contributed by atoms with Gasteiger partial charge < -0.3 is 14.6 Å². The van der Waals surface area contributed by atoms with Gasteiger partial charge in [-0.05, 0) is 39.7 Å². The van der Waals surface area contributed by atoms with Crippen LogP contribution in [0, 0.1) is 0 Å². The lowest BCUT2D eigenvalue weighted by molar-refractivity contribution is -0.152. The molecule has 1 spiro atoms. The Bertz CT molecular complexity index is 235. The Morgan fingerprint density at radius 3 is 2.71 bits per heavy atom. The summed E-state index contributed by atoms with van der Waals surface area (Å²) in [6, 6.07) is 0.763. The van der Waals surface area contributed by atoms with Crippen LogP contribution >= 0.6 is 0 Å². The molecule has 2 heterocycles. The molecular formula is C13H25NO3. The molecule has 2 atom stereocenters. The minimum absolute atomic E-state index is 0.0462. The van der Waals surface area contributed by atoms with Crippen molar-refractivity contribution in [1.29, 1.82) is 0 Å². The van der Waals surface area contributed by atoms with Crippen LogP contribution in [0.2, 0.25) is 0 Å². The van der Waals surface area contributed by atoms with Gasteiger partial charge in [-0.15, -0.1) is 0 Å². The van der Waals surface area contributed by atoms with Crippen LogP contribution < -0.4 is 0 Å². The van der Waals surface area contributed by atoms with Crippen LogP contribution in [0.3, 0.4) is 0 Å². The van der Waals surface area contributed by atoms with Crippen molar-refractivity contribution < 1.29 is 14.6 Å². The van der Waals surface area contributed by atoms with Gasteiger partial charge in [0.05, 0.1) is 12.2 Å². The Kier molecular flexibility index (Phi) is 4.42. The van der Waals surface area contributed by atoms with Gasteiger partial charge in [0.25, 0.3) is 0 Å². The molecule has 17 heavy (non-hydrogen) atoms. The van der Waals surface area contributed by atoms with E-state index in [0.717, 1.165) is 45.5 Å². The van der Waals surface area contributed by atoms with E-state index in [2.05, 4.69) is 18.9 Å². The molecule has 0 radical (unpaired) electrons. The number of hydrogen-bond donors (Lipinski definition) is 1. The van der Waals surface area contributed by atoms with Crippen molar-refractivity contribution in [3.63, 3.8) is 0 Å². The molecule has 2 fully saturated rings.